The van der Waals surface area contributed by atoms with Crippen molar-refractivity contribution >= 4 is 6.29 Å². The highest BCUT2D eigenvalue weighted by Crippen LogP contribution is 1.97. The predicted molar refractivity (Wildman–Crippen MR) is 37.8 cm³/mol. The third kappa shape index (κ3) is 2.88. The van der Waals surface area contributed by atoms with E-state index in [1.54, 1.807) is 0 Å². The minimum atomic E-state index is 0.623. The van der Waals surface area contributed by atoms with Gasteiger partial charge in [0.2, 0.25) is 0 Å². The molecule has 0 aliphatic carbocycles. The highest BCUT2D eigenvalue weighted by Gasteiger charge is 1.96. The number of aromatic nitrogens is 4. The van der Waals surface area contributed by atoms with Gasteiger partial charge in [0.05, 0.1) is 0 Å². The number of nitrogens with zero attached hydrogens (tertiary/aromatic N) is 3. The van der Waals surface area contributed by atoms with E-state index in [0.717, 1.165) is 31.4 Å². The quantitative estimate of drug-likeness (QED) is 0.482. The minimum Gasteiger partial charge on any atom is -0.303 e. The van der Waals surface area contributed by atoms with Crippen molar-refractivity contribution in [1.29, 1.82) is 0 Å². The third-order valence-electron chi connectivity index (χ3n) is 1.36. The van der Waals surface area contributed by atoms with Crippen molar-refractivity contribution in [2.45, 2.75) is 25.7 Å². The predicted octanol–water partition coefficient (Wildman–Crippen LogP) is 0.111. The molecule has 0 radical (unpaired) electrons. The molecule has 5 nitrogen and oxygen atoms in total. The fourth-order valence-corrected chi connectivity index (χ4v) is 0.799. The Balaban J connectivity index is 2.09. The normalized spacial score (nSPS) is 9.82. The van der Waals surface area contributed by atoms with Gasteiger partial charge in [-0.25, -0.2) is 0 Å². The summed E-state index contributed by atoms with van der Waals surface area (Å²) in [4.78, 5) is 9.92. The van der Waals surface area contributed by atoms with Crippen LogP contribution in [-0.4, -0.2) is 26.9 Å². The van der Waals surface area contributed by atoms with Crippen LogP contribution in [0.3, 0.4) is 0 Å². The molecule has 1 aromatic rings. The summed E-state index contributed by atoms with van der Waals surface area (Å²) in [5.41, 5.74) is 0. The molecule has 0 spiro atoms. The van der Waals surface area contributed by atoms with Crippen LogP contribution in [0.4, 0.5) is 0 Å². The average Bonchev–Trinajstić information content (AvgIpc) is 2.50. The molecule has 5 heteroatoms. The van der Waals surface area contributed by atoms with Gasteiger partial charge >= 0.3 is 0 Å². The van der Waals surface area contributed by atoms with Crippen molar-refractivity contribution in [2.24, 2.45) is 0 Å². The second kappa shape index (κ2) is 4.54. The number of rotatable bonds is 5. The minimum absolute atomic E-state index is 0.623. The molecule has 0 saturated heterocycles. The molecule has 0 saturated carbocycles. The van der Waals surface area contributed by atoms with Crippen LogP contribution in [0.25, 0.3) is 0 Å². The largest absolute Gasteiger partial charge is 0.303 e. The molecular weight excluding hydrogens is 144 g/mol. The van der Waals surface area contributed by atoms with Crippen molar-refractivity contribution in [1.82, 2.24) is 20.6 Å². The van der Waals surface area contributed by atoms with Crippen LogP contribution >= 0.6 is 0 Å². The summed E-state index contributed by atoms with van der Waals surface area (Å²) in [6, 6.07) is 0. The Labute approximate surface area is 64.2 Å². The van der Waals surface area contributed by atoms with Gasteiger partial charge in [0.1, 0.15) is 6.29 Å². The lowest BCUT2D eigenvalue weighted by Gasteiger charge is -1.90. The Hall–Kier alpha value is -1.26. The lowest BCUT2D eigenvalue weighted by Crippen LogP contribution is -1.88. The van der Waals surface area contributed by atoms with Crippen LogP contribution in [0, 0.1) is 0 Å². The van der Waals surface area contributed by atoms with Crippen LogP contribution < -0.4 is 0 Å². The lowest BCUT2D eigenvalue weighted by atomic mass is 10.2. The highest BCUT2D eigenvalue weighted by atomic mass is 16.1. The van der Waals surface area contributed by atoms with Crippen LogP contribution in [0.2, 0.25) is 0 Å². The molecule has 0 aliphatic heterocycles. The molecule has 11 heavy (non-hydrogen) atoms. The van der Waals surface area contributed by atoms with E-state index >= 15 is 0 Å². The highest BCUT2D eigenvalue weighted by molar-refractivity contribution is 5.48. The van der Waals surface area contributed by atoms with Crippen LogP contribution in [0.1, 0.15) is 25.1 Å². The number of nitrogens with one attached hydrogen (secondary N) is 1. The number of tetrazole rings is 1. The van der Waals surface area contributed by atoms with Gasteiger partial charge in [-0.2, -0.15) is 5.21 Å². The first kappa shape index (κ1) is 7.84. The van der Waals surface area contributed by atoms with E-state index in [9.17, 15) is 4.79 Å². The zero-order chi connectivity index (χ0) is 7.94. The summed E-state index contributed by atoms with van der Waals surface area (Å²) in [5.74, 6) is 0.718. The molecule has 0 bridgehead atoms. The zero-order valence-electron chi connectivity index (χ0n) is 6.16. The first-order valence-corrected chi connectivity index (χ1v) is 3.59. The lowest BCUT2D eigenvalue weighted by molar-refractivity contribution is -0.107. The number of unbranched alkanes of at least 4 members (excludes halogenated alkanes) is 2. The van der Waals surface area contributed by atoms with Crippen molar-refractivity contribution in [3.63, 3.8) is 0 Å². The fraction of sp³-hybridized carbons (Fsp3) is 0.667. The Morgan fingerprint density at radius 3 is 3.00 bits per heavy atom. The standard InChI is InChI=1S/C6H10N4O/c11-5-3-1-2-4-6-7-9-10-8-6/h5H,1-4H2,(H,7,8,9,10). The Kier molecular flexibility index (Phi) is 3.24. The van der Waals surface area contributed by atoms with Gasteiger partial charge in [-0.1, -0.05) is 5.21 Å². The fourth-order valence-electron chi connectivity index (χ4n) is 0.799. The van der Waals surface area contributed by atoms with Gasteiger partial charge in [0.25, 0.3) is 0 Å². The van der Waals surface area contributed by atoms with Crippen LogP contribution in [-0.2, 0) is 11.2 Å². The number of hydrogen-bond acceptors (Lipinski definition) is 4. The number of aromatic amines is 1. The van der Waals surface area contributed by atoms with E-state index in [-0.39, 0.29) is 0 Å². The van der Waals surface area contributed by atoms with Gasteiger partial charge in [-0.3, -0.25) is 0 Å². The van der Waals surface area contributed by atoms with Crippen molar-refractivity contribution in [2.75, 3.05) is 0 Å². The number of carbonyl (C=O) groups excluding carboxylic acids is 1. The maximum Gasteiger partial charge on any atom is 0.174 e. The smallest absolute Gasteiger partial charge is 0.174 e. The van der Waals surface area contributed by atoms with Gasteiger partial charge in [-0.05, 0) is 12.8 Å². The Morgan fingerprint density at radius 1 is 1.45 bits per heavy atom. The zero-order valence-corrected chi connectivity index (χ0v) is 6.16. The first-order chi connectivity index (χ1) is 5.43. The SMILES string of the molecule is O=CCCCCc1nn[nH]n1. The van der Waals surface area contributed by atoms with Crippen LogP contribution in [0.15, 0.2) is 0 Å². The summed E-state index contributed by atoms with van der Waals surface area (Å²) in [6.07, 6.45) is 4.19. The monoisotopic (exact) mass is 154 g/mol. The molecule has 0 unspecified atom stereocenters. The van der Waals surface area contributed by atoms with Gasteiger partial charge in [0, 0.05) is 12.8 Å². The molecule has 0 aromatic carbocycles. The average molecular weight is 154 g/mol. The number of aldehydes is 1. The van der Waals surface area contributed by atoms with Crippen molar-refractivity contribution in [3.05, 3.63) is 5.82 Å². The van der Waals surface area contributed by atoms with Crippen molar-refractivity contribution < 1.29 is 4.79 Å². The summed E-state index contributed by atoms with van der Waals surface area (Å²) in [7, 11) is 0. The number of H-pyrrole nitrogens is 1. The molecule has 1 N–H and O–H groups in total. The molecule has 1 heterocycles. The summed E-state index contributed by atoms with van der Waals surface area (Å²) in [5, 5.41) is 13.3. The number of hydrogen-bond donors (Lipinski definition) is 1. The molecule has 60 valence electrons. The number of carbonyl (C=O) groups is 1. The van der Waals surface area contributed by atoms with Crippen molar-refractivity contribution in [3.8, 4) is 0 Å². The van der Waals surface area contributed by atoms with Gasteiger partial charge in [-0.15, -0.1) is 10.2 Å². The van der Waals surface area contributed by atoms with Gasteiger partial charge in [0.15, 0.2) is 5.82 Å². The van der Waals surface area contributed by atoms with E-state index in [4.69, 9.17) is 0 Å². The topological polar surface area (TPSA) is 71.5 Å². The molecule has 0 fully saturated rings. The number of aryl methyl sites for hydroxylation is 1. The van der Waals surface area contributed by atoms with E-state index in [1.807, 2.05) is 0 Å². The summed E-state index contributed by atoms with van der Waals surface area (Å²) in [6.45, 7) is 0. The third-order valence-corrected chi connectivity index (χ3v) is 1.36. The maximum absolute atomic E-state index is 9.92. The Morgan fingerprint density at radius 2 is 2.36 bits per heavy atom. The van der Waals surface area contributed by atoms with E-state index in [2.05, 4.69) is 20.6 Å². The van der Waals surface area contributed by atoms with Crippen LogP contribution in [0.5, 0.6) is 0 Å². The summed E-state index contributed by atoms with van der Waals surface area (Å²) >= 11 is 0. The second-order valence-corrected chi connectivity index (χ2v) is 2.24. The maximum atomic E-state index is 9.92. The molecule has 0 atom stereocenters. The summed E-state index contributed by atoms with van der Waals surface area (Å²) < 4.78 is 0. The van der Waals surface area contributed by atoms with E-state index < -0.39 is 0 Å². The van der Waals surface area contributed by atoms with E-state index in [1.165, 1.54) is 0 Å². The molecule has 0 aliphatic rings. The Bertz CT molecular complexity index is 196. The van der Waals surface area contributed by atoms with Gasteiger partial charge < -0.3 is 4.79 Å². The molecular formula is C6H10N4O. The molecule has 0 amide bonds. The molecule has 1 rings (SSSR count). The molecule has 1 aromatic heterocycles. The first-order valence-electron chi connectivity index (χ1n) is 3.59. The van der Waals surface area contributed by atoms with E-state index in [0.29, 0.717) is 6.42 Å². The second-order valence-electron chi connectivity index (χ2n) is 2.24.